The molecule has 5 heteroatoms. The molecule has 16 heavy (non-hydrogen) atoms. The van der Waals surface area contributed by atoms with Crippen molar-refractivity contribution in [2.24, 2.45) is 0 Å². The Kier molecular flexibility index (Phi) is 2.52. The standard InChI is InChI=1S/C11H10O5/c1-6-2-3-7-10(16-5-4-15-7)8(6)9(12)11(13)14/h2-3H,4-5H2,1H3,(H,13,14). The highest BCUT2D eigenvalue weighted by atomic mass is 16.6. The molecule has 0 spiro atoms. The van der Waals surface area contributed by atoms with E-state index in [1.165, 1.54) is 0 Å². The summed E-state index contributed by atoms with van der Waals surface area (Å²) in [6.07, 6.45) is 0. The maximum Gasteiger partial charge on any atom is 0.377 e. The molecule has 2 rings (SSSR count). The molecule has 1 aliphatic rings. The van der Waals surface area contributed by atoms with Crippen LogP contribution in [-0.2, 0) is 4.79 Å². The van der Waals surface area contributed by atoms with E-state index in [1.54, 1.807) is 19.1 Å². The third-order valence-electron chi connectivity index (χ3n) is 2.34. The predicted octanol–water partition coefficient (Wildman–Crippen LogP) is 1.03. The van der Waals surface area contributed by atoms with Gasteiger partial charge in [-0.2, -0.15) is 0 Å². The molecule has 0 atom stereocenters. The van der Waals surface area contributed by atoms with Gasteiger partial charge in [0.25, 0.3) is 5.78 Å². The summed E-state index contributed by atoms with van der Waals surface area (Å²) in [5.41, 5.74) is 0.640. The number of hydrogen-bond donors (Lipinski definition) is 1. The van der Waals surface area contributed by atoms with Gasteiger partial charge in [-0.15, -0.1) is 0 Å². The second-order valence-corrected chi connectivity index (χ2v) is 3.42. The van der Waals surface area contributed by atoms with Gasteiger partial charge in [0.05, 0.1) is 5.56 Å². The van der Waals surface area contributed by atoms with E-state index >= 15 is 0 Å². The van der Waals surface area contributed by atoms with Gasteiger partial charge >= 0.3 is 5.97 Å². The first kappa shape index (κ1) is 10.5. The van der Waals surface area contributed by atoms with Gasteiger partial charge in [0.15, 0.2) is 11.5 Å². The maximum atomic E-state index is 11.5. The molecule has 5 nitrogen and oxygen atoms in total. The van der Waals surface area contributed by atoms with Crippen LogP contribution in [0.5, 0.6) is 11.5 Å². The molecule has 0 saturated heterocycles. The highest BCUT2D eigenvalue weighted by Crippen LogP contribution is 2.35. The van der Waals surface area contributed by atoms with Crippen LogP contribution in [0.1, 0.15) is 15.9 Å². The Morgan fingerprint density at radius 3 is 2.62 bits per heavy atom. The van der Waals surface area contributed by atoms with E-state index in [0.717, 1.165) is 0 Å². The van der Waals surface area contributed by atoms with Gasteiger partial charge < -0.3 is 14.6 Å². The summed E-state index contributed by atoms with van der Waals surface area (Å²) in [4.78, 5) is 22.2. The van der Waals surface area contributed by atoms with E-state index < -0.39 is 11.8 Å². The number of aryl methyl sites for hydroxylation is 1. The molecule has 1 heterocycles. The van der Waals surface area contributed by atoms with E-state index in [4.69, 9.17) is 14.6 Å². The van der Waals surface area contributed by atoms with Crippen molar-refractivity contribution in [1.29, 1.82) is 0 Å². The summed E-state index contributed by atoms with van der Waals surface area (Å²) in [7, 11) is 0. The third-order valence-corrected chi connectivity index (χ3v) is 2.34. The number of ether oxygens (including phenoxy) is 2. The molecule has 0 aromatic heterocycles. The van der Waals surface area contributed by atoms with Gasteiger partial charge in [0.1, 0.15) is 13.2 Å². The Morgan fingerprint density at radius 1 is 1.25 bits per heavy atom. The lowest BCUT2D eigenvalue weighted by molar-refractivity contribution is -0.131. The Balaban J connectivity index is 2.58. The monoisotopic (exact) mass is 222 g/mol. The number of Topliss-reactive ketones (excluding diaryl/α,β-unsaturated/α-hetero) is 1. The number of carboxylic acid groups (broad SMARTS) is 1. The number of rotatable bonds is 2. The zero-order valence-corrected chi connectivity index (χ0v) is 8.65. The number of carbonyl (C=O) groups excluding carboxylic acids is 1. The van der Waals surface area contributed by atoms with Gasteiger partial charge in [0, 0.05) is 0 Å². The predicted molar refractivity (Wildman–Crippen MR) is 54.1 cm³/mol. The minimum atomic E-state index is -1.49. The van der Waals surface area contributed by atoms with Crippen LogP contribution in [0.3, 0.4) is 0 Å². The maximum absolute atomic E-state index is 11.5. The number of fused-ring (bicyclic) bond motifs is 1. The van der Waals surface area contributed by atoms with Crippen molar-refractivity contribution in [3.63, 3.8) is 0 Å². The van der Waals surface area contributed by atoms with Crippen LogP contribution in [0.4, 0.5) is 0 Å². The Labute approximate surface area is 91.6 Å². The number of carbonyl (C=O) groups is 2. The summed E-state index contributed by atoms with van der Waals surface area (Å²) in [6.45, 7) is 2.38. The van der Waals surface area contributed by atoms with E-state index in [1.807, 2.05) is 0 Å². The lowest BCUT2D eigenvalue weighted by Gasteiger charge is -2.21. The van der Waals surface area contributed by atoms with Crippen LogP contribution in [0.15, 0.2) is 12.1 Å². The van der Waals surface area contributed by atoms with Crippen molar-refractivity contribution in [2.75, 3.05) is 13.2 Å². The summed E-state index contributed by atoms with van der Waals surface area (Å²) < 4.78 is 10.6. The van der Waals surface area contributed by atoms with Crippen molar-refractivity contribution in [3.05, 3.63) is 23.3 Å². The Hall–Kier alpha value is -2.04. The number of hydrogen-bond acceptors (Lipinski definition) is 4. The first-order chi connectivity index (χ1) is 7.61. The average molecular weight is 222 g/mol. The third kappa shape index (κ3) is 1.60. The number of carboxylic acids is 1. The van der Waals surface area contributed by atoms with Crippen molar-refractivity contribution in [2.45, 2.75) is 6.92 Å². The van der Waals surface area contributed by atoms with Gasteiger partial charge in [0.2, 0.25) is 0 Å². The molecule has 0 bridgehead atoms. The minimum Gasteiger partial charge on any atom is -0.486 e. The van der Waals surface area contributed by atoms with Gasteiger partial charge in [-0.1, -0.05) is 6.07 Å². The lowest BCUT2D eigenvalue weighted by Crippen LogP contribution is -2.21. The van der Waals surface area contributed by atoms with Crippen LogP contribution >= 0.6 is 0 Å². The fourth-order valence-corrected chi connectivity index (χ4v) is 1.60. The number of ketones is 1. The molecule has 1 aromatic carbocycles. The second kappa shape index (κ2) is 3.84. The smallest absolute Gasteiger partial charge is 0.377 e. The van der Waals surface area contributed by atoms with E-state index in [9.17, 15) is 9.59 Å². The molecule has 1 N–H and O–H groups in total. The van der Waals surface area contributed by atoms with Gasteiger partial charge in [-0.25, -0.2) is 4.79 Å². The first-order valence-electron chi connectivity index (χ1n) is 4.78. The molecule has 0 saturated carbocycles. The Morgan fingerprint density at radius 2 is 1.94 bits per heavy atom. The quantitative estimate of drug-likeness (QED) is 0.597. The normalized spacial score (nSPS) is 13.3. The lowest BCUT2D eigenvalue weighted by atomic mass is 10.0. The van der Waals surface area contributed by atoms with E-state index in [2.05, 4.69) is 0 Å². The molecule has 1 aromatic rings. The molecule has 0 amide bonds. The minimum absolute atomic E-state index is 0.0738. The van der Waals surface area contributed by atoms with E-state index in [0.29, 0.717) is 24.5 Å². The van der Waals surface area contributed by atoms with Crippen molar-refractivity contribution in [1.82, 2.24) is 0 Å². The number of benzene rings is 1. The zero-order chi connectivity index (χ0) is 11.7. The van der Waals surface area contributed by atoms with Gasteiger partial charge in [-0.05, 0) is 18.6 Å². The summed E-state index contributed by atoms with van der Waals surface area (Å²) in [5.74, 6) is -1.81. The molecular formula is C11H10O5. The Bertz CT molecular complexity index is 464. The summed E-state index contributed by atoms with van der Waals surface area (Å²) in [6, 6.07) is 3.31. The molecule has 0 unspecified atom stereocenters. The fourth-order valence-electron chi connectivity index (χ4n) is 1.60. The highest BCUT2D eigenvalue weighted by Gasteiger charge is 2.26. The second-order valence-electron chi connectivity index (χ2n) is 3.42. The van der Waals surface area contributed by atoms with Crippen LogP contribution < -0.4 is 9.47 Å². The van der Waals surface area contributed by atoms with Crippen molar-refractivity contribution in [3.8, 4) is 11.5 Å². The van der Waals surface area contributed by atoms with Gasteiger partial charge in [-0.3, -0.25) is 4.79 Å². The fraction of sp³-hybridized carbons (Fsp3) is 0.273. The van der Waals surface area contributed by atoms with Crippen molar-refractivity contribution >= 4 is 11.8 Å². The SMILES string of the molecule is Cc1ccc2c(c1C(=O)C(=O)O)OCCO2. The molecule has 0 fully saturated rings. The highest BCUT2D eigenvalue weighted by molar-refractivity contribution is 6.41. The zero-order valence-electron chi connectivity index (χ0n) is 8.65. The topological polar surface area (TPSA) is 72.8 Å². The van der Waals surface area contributed by atoms with Crippen molar-refractivity contribution < 1.29 is 24.2 Å². The summed E-state index contributed by atoms with van der Waals surface area (Å²) >= 11 is 0. The van der Waals surface area contributed by atoms with Crippen LogP contribution in [0.2, 0.25) is 0 Å². The van der Waals surface area contributed by atoms with Crippen LogP contribution in [0.25, 0.3) is 0 Å². The van der Waals surface area contributed by atoms with E-state index in [-0.39, 0.29) is 11.3 Å². The molecular weight excluding hydrogens is 212 g/mol. The average Bonchev–Trinajstić information content (AvgIpc) is 2.28. The first-order valence-corrected chi connectivity index (χ1v) is 4.78. The summed E-state index contributed by atoms with van der Waals surface area (Å²) in [5, 5.41) is 8.72. The van der Waals surface area contributed by atoms with Crippen LogP contribution in [-0.4, -0.2) is 30.1 Å². The molecule has 0 aliphatic carbocycles. The number of aliphatic carboxylic acids is 1. The molecule has 0 radical (unpaired) electrons. The molecule has 84 valence electrons. The largest absolute Gasteiger partial charge is 0.486 e. The molecule has 1 aliphatic heterocycles. The van der Waals surface area contributed by atoms with Crippen LogP contribution in [0, 0.1) is 6.92 Å².